The first-order chi connectivity index (χ1) is 13.8. The van der Waals surface area contributed by atoms with Crippen LogP contribution in [0.25, 0.3) is 16.8 Å². The summed E-state index contributed by atoms with van der Waals surface area (Å²) in [6.45, 7) is 1.85. The van der Waals surface area contributed by atoms with Crippen LogP contribution in [0.3, 0.4) is 0 Å². The van der Waals surface area contributed by atoms with Gasteiger partial charge in [-0.1, -0.05) is 18.2 Å². The summed E-state index contributed by atoms with van der Waals surface area (Å²) in [6, 6.07) is 15.5. The second-order valence-electron chi connectivity index (χ2n) is 6.68. The summed E-state index contributed by atoms with van der Waals surface area (Å²) in [7, 11) is -3.36. The van der Waals surface area contributed by atoms with E-state index in [0.29, 0.717) is 11.5 Å². The van der Waals surface area contributed by atoms with Crippen molar-refractivity contribution in [3.8, 4) is 11.1 Å². The molecule has 0 saturated carbocycles. The molecule has 4 aromatic rings. The molecule has 2 N–H and O–H groups in total. The van der Waals surface area contributed by atoms with E-state index in [1.165, 1.54) is 0 Å². The Morgan fingerprint density at radius 2 is 1.93 bits per heavy atom. The standard InChI is InChI=1S/C20H18IN5O2S/c1-13-6-7-16(11-18(13)25-29(2,27)28)23-19-8-9-26-20(24-19)17(12-22-26)14-4-3-5-15(21)10-14/h3-12,25H,1-2H3,(H,23,24). The zero-order chi connectivity index (χ0) is 20.6. The third-order valence-electron chi connectivity index (χ3n) is 4.31. The smallest absolute Gasteiger partial charge is 0.229 e. The van der Waals surface area contributed by atoms with E-state index < -0.39 is 10.0 Å². The average molecular weight is 519 g/mol. The Morgan fingerprint density at radius 3 is 2.69 bits per heavy atom. The van der Waals surface area contributed by atoms with Crippen LogP contribution in [0.4, 0.5) is 17.2 Å². The van der Waals surface area contributed by atoms with Gasteiger partial charge in [0.05, 0.1) is 18.1 Å². The first-order valence-electron chi connectivity index (χ1n) is 8.74. The van der Waals surface area contributed by atoms with Crippen LogP contribution in [0.1, 0.15) is 5.56 Å². The Hall–Kier alpha value is -2.66. The molecule has 0 aliphatic carbocycles. The fourth-order valence-corrected chi connectivity index (χ4v) is 4.12. The van der Waals surface area contributed by atoms with Crippen molar-refractivity contribution in [2.75, 3.05) is 16.3 Å². The van der Waals surface area contributed by atoms with Crippen LogP contribution in [0.2, 0.25) is 0 Å². The van der Waals surface area contributed by atoms with Crippen molar-refractivity contribution in [2.45, 2.75) is 6.92 Å². The van der Waals surface area contributed by atoms with Gasteiger partial charge in [0.15, 0.2) is 5.65 Å². The van der Waals surface area contributed by atoms with Gasteiger partial charge < -0.3 is 5.32 Å². The topological polar surface area (TPSA) is 88.4 Å². The lowest BCUT2D eigenvalue weighted by Gasteiger charge is -2.11. The maximum atomic E-state index is 11.6. The molecule has 0 radical (unpaired) electrons. The number of nitrogens with zero attached hydrogens (tertiary/aromatic N) is 3. The van der Waals surface area contributed by atoms with E-state index in [9.17, 15) is 8.42 Å². The van der Waals surface area contributed by atoms with Crippen LogP contribution >= 0.6 is 22.6 Å². The number of fused-ring (bicyclic) bond motifs is 1. The molecule has 0 bridgehead atoms. The molecule has 0 spiro atoms. The van der Waals surface area contributed by atoms with Gasteiger partial charge in [-0.3, -0.25) is 4.72 Å². The summed E-state index contributed by atoms with van der Waals surface area (Å²) in [6.07, 6.45) is 4.78. The second-order valence-corrected chi connectivity index (χ2v) is 9.67. The van der Waals surface area contributed by atoms with Crippen LogP contribution in [0.15, 0.2) is 60.9 Å². The molecule has 0 fully saturated rings. The Kier molecular flexibility index (Phi) is 5.17. The molecular weight excluding hydrogens is 501 g/mol. The van der Waals surface area contributed by atoms with Crippen LogP contribution in [-0.4, -0.2) is 29.3 Å². The number of hydrogen-bond acceptors (Lipinski definition) is 5. The highest BCUT2D eigenvalue weighted by Gasteiger charge is 2.11. The molecule has 0 saturated heterocycles. The number of benzene rings is 2. The lowest BCUT2D eigenvalue weighted by molar-refractivity contribution is 0.607. The number of aromatic nitrogens is 3. The van der Waals surface area contributed by atoms with Crippen molar-refractivity contribution in [3.05, 3.63) is 70.1 Å². The van der Waals surface area contributed by atoms with Crippen molar-refractivity contribution < 1.29 is 8.42 Å². The maximum absolute atomic E-state index is 11.6. The fourth-order valence-electron chi connectivity index (χ4n) is 2.96. The van der Waals surface area contributed by atoms with Gasteiger partial charge in [-0.2, -0.15) is 5.10 Å². The summed E-state index contributed by atoms with van der Waals surface area (Å²) in [5.74, 6) is 0.638. The van der Waals surface area contributed by atoms with Crippen LogP contribution in [0.5, 0.6) is 0 Å². The van der Waals surface area contributed by atoms with E-state index in [1.807, 2.05) is 49.5 Å². The third-order valence-corrected chi connectivity index (χ3v) is 5.57. The first kappa shape index (κ1) is 19.6. The molecule has 2 aromatic carbocycles. The minimum Gasteiger partial charge on any atom is -0.340 e. The Bertz CT molecular complexity index is 1320. The van der Waals surface area contributed by atoms with Crippen molar-refractivity contribution in [2.24, 2.45) is 0 Å². The molecule has 0 aliphatic heterocycles. The van der Waals surface area contributed by atoms with E-state index in [-0.39, 0.29) is 0 Å². The van der Waals surface area contributed by atoms with E-state index >= 15 is 0 Å². The van der Waals surface area contributed by atoms with Crippen molar-refractivity contribution in [1.82, 2.24) is 14.6 Å². The maximum Gasteiger partial charge on any atom is 0.229 e. The van der Waals surface area contributed by atoms with Crippen molar-refractivity contribution in [3.63, 3.8) is 0 Å². The Balaban J connectivity index is 1.69. The molecule has 2 aromatic heterocycles. The fraction of sp³-hybridized carbons (Fsp3) is 0.100. The van der Waals surface area contributed by atoms with Gasteiger partial charge >= 0.3 is 0 Å². The molecule has 9 heteroatoms. The van der Waals surface area contributed by atoms with E-state index in [4.69, 9.17) is 4.98 Å². The van der Waals surface area contributed by atoms with Gasteiger partial charge in [-0.25, -0.2) is 17.9 Å². The molecular formula is C20H18IN5O2S. The number of anilines is 3. The molecule has 0 aliphatic rings. The zero-order valence-electron chi connectivity index (χ0n) is 15.7. The average Bonchev–Trinajstić information content (AvgIpc) is 3.06. The van der Waals surface area contributed by atoms with Crippen LogP contribution in [0, 0.1) is 10.5 Å². The zero-order valence-corrected chi connectivity index (χ0v) is 18.7. The summed E-state index contributed by atoms with van der Waals surface area (Å²) in [5.41, 5.74) is 4.82. The molecule has 7 nitrogen and oxygen atoms in total. The molecule has 0 unspecified atom stereocenters. The molecule has 0 atom stereocenters. The predicted octanol–water partition coefficient (Wildman–Crippen LogP) is 4.42. The highest BCUT2D eigenvalue weighted by atomic mass is 127. The lowest BCUT2D eigenvalue weighted by Crippen LogP contribution is -2.10. The molecule has 0 amide bonds. The van der Waals surface area contributed by atoms with E-state index in [2.05, 4.69) is 43.8 Å². The van der Waals surface area contributed by atoms with Gasteiger partial charge in [0.25, 0.3) is 0 Å². The highest BCUT2D eigenvalue weighted by molar-refractivity contribution is 14.1. The Morgan fingerprint density at radius 1 is 1.10 bits per heavy atom. The van der Waals surface area contributed by atoms with Gasteiger partial charge in [0.2, 0.25) is 10.0 Å². The van der Waals surface area contributed by atoms with Gasteiger partial charge in [0, 0.05) is 21.0 Å². The predicted molar refractivity (Wildman–Crippen MR) is 124 cm³/mol. The van der Waals surface area contributed by atoms with Crippen LogP contribution in [-0.2, 0) is 10.0 Å². The monoisotopic (exact) mass is 519 g/mol. The number of halogens is 1. The summed E-state index contributed by atoms with van der Waals surface area (Å²) >= 11 is 2.28. The molecule has 4 rings (SSSR count). The summed E-state index contributed by atoms with van der Waals surface area (Å²) in [5, 5.41) is 7.63. The number of aryl methyl sites for hydroxylation is 1. The largest absolute Gasteiger partial charge is 0.340 e. The van der Waals surface area contributed by atoms with Gasteiger partial charge in [-0.15, -0.1) is 0 Å². The third kappa shape index (κ3) is 4.51. The van der Waals surface area contributed by atoms with Crippen LogP contribution < -0.4 is 10.0 Å². The number of nitrogens with one attached hydrogen (secondary N) is 2. The molecule has 29 heavy (non-hydrogen) atoms. The van der Waals surface area contributed by atoms with E-state index in [1.54, 1.807) is 16.8 Å². The summed E-state index contributed by atoms with van der Waals surface area (Å²) < 4.78 is 28.6. The number of sulfonamides is 1. The SMILES string of the molecule is Cc1ccc(Nc2ccn3ncc(-c4cccc(I)c4)c3n2)cc1NS(C)(=O)=O. The molecule has 148 valence electrons. The van der Waals surface area contributed by atoms with Crippen molar-refractivity contribution >= 4 is 55.5 Å². The Labute approximate surface area is 182 Å². The van der Waals surface area contributed by atoms with Gasteiger partial charge in [0.1, 0.15) is 5.82 Å². The second kappa shape index (κ2) is 7.64. The number of rotatable bonds is 5. The van der Waals surface area contributed by atoms with E-state index in [0.717, 1.165) is 37.9 Å². The highest BCUT2D eigenvalue weighted by Crippen LogP contribution is 2.27. The molecule has 2 heterocycles. The normalized spacial score (nSPS) is 11.6. The quantitative estimate of drug-likeness (QED) is 0.381. The van der Waals surface area contributed by atoms with Gasteiger partial charge in [-0.05, 0) is 71.0 Å². The van der Waals surface area contributed by atoms with Crippen molar-refractivity contribution in [1.29, 1.82) is 0 Å². The minimum atomic E-state index is -3.36. The minimum absolute atomic E-state index is 0.530. The number of hydrogen-bond donors (Lipinski definition) is 2. The lowest BCUT2D eigenvalue weighted by atomic mass is 10.1. The first-order valence-corrected chi connectivity index (χ1v) is 11.7. The summed E-state index contributed by atoms with van der Waals surface area (Å²) in [4.78, 5) is 4.71.